The second kappa shape index (κ2) is 49.3. The largest absolute Gasteiger partial charge is 4.00 e. The third-order valence-corrected chi connectivity index (χ3v) is 0. The molecule has 0 aliphatic rings. The first-order chi connectivity index (χ1) is 0. The Labute approximate surface area is 43.1 Å². The zero-order valence-corrected chi connectivity index (χ0v) is 4.26. The van der Waals surface area contributed by atoms with Crippen LogP contribution in [0.1, 0.15) is 0 Å². The molecule has 0 bridgehead atoms. The predicted octanol–water partition coefficient (Wildman–Crippen LogP) is -0.475. The van der Waals surface area contributed by atoms with Crippen LogP contribution in [0.15, 0.2) is 0 Å². The van der Waals surface area contributed by atoms with Gasteiger partial charge >= 0.3 is 26.2 Å². The van der Waals surface area contributed by atoms with E-state index in [9.17, 15) is 0 Å². The van der Waals surface area contributed by atoms with Crippen molar-refractivity contribution in [3.8, 4) is 0 Å². The molecule has 4 heteroatoms. The van der Waals surface area contributed by atoms with Crippen LogP contribution in [0.5, 0.6) is 0 Å². The van der Waals surface area contributed by atoms with E-state index in [1.807, 2.05) is 0 Å². The molecule has 24 valence electrons. The first-order valence-electron chi connectivity index (χ1n) is 0. The molecule has 0 amide bonds. The summed E-state index contributed by atoms with van der Waals surface area (Å²) in [5, 5.41) is 0. The van der Waals surface area contributed by atoms with E-state index in [0.717, 1.165) is 0 Å². The molecule has 0 saturated carbocycles. The van der Waals surface area contributed by atoms with Gasteiger partial charge in [0.2, 0.25) is 0 Å². The summed E-state index contributed by atoms with van der Waals surface area (Å²) >= 11 is 0. The van der Waals surface area contributed by atoms with Crippen LogP contribution in [0.3, 0.4) is 0 Å². The van der Waals surface area contributed by atoms with E-state index in [1.165, 1.54) is 0 Å². The number of rotatable bonds is 0. The Bertz CT molecular complexity index is 3.25. The average Bonchev–Trinajstić information content (AvgIpc) is 0. The van der Waals surface area contributed by atoms with Gasteiger partial charge in [-0.15, -0.1) is 0 Å². The molecule has 0 rings (SSSR count). The van der Waals surface area contributed by atoms with E-state index in [4.69, 9.17) is 0 Å². The zero-order chi connectivity index (χ0) is 0. The summed E-state index contributed by atoms with van der Waals surface area (Å²) in [5.74, 6) is 0. The Hall–Kier alpha value is 0.763. The van der Waals surface area contributed by atoms with Crippen molar-refractivity contribution >= 4 is 0 Å². The second-order valence-corrected chi connectivity index (χ2v) is 0. The van der Waals surface area contributed by atoms with Gasteiger partial charge in [-0.1, -0.05) is 0 Å². The summed E-state index contributed by atoms with van der Waals surface area (Å²) in [5.41, 5.74) is 0. The van der Waals surface area contributed by atoms with Crippen molar-refractivity contribution in [2.24, 2.45) is 0 Å². The zero-order valence-electron chi connectivity index (χ0n) is 1.80. The molecule has 0 fully saturated rings. The molecule has 2 N–H and O–H groups in total. The maximum Gasteiger partial charge on any atom is 4.00 e. The van der Waals surface area contributed by atoms with Crippen molar-refractivity contribution in [1.29, 1.82) is 0 Å². The Balaban J connectivity index is 0. The van der Waals surface area contributed by atoms with E-state index in [-0.39, 0.29) is 42.6 Å². The van der Waals surface area contributed by atoms with Gasteiger partial charge in [0.05, 0.1) is 0 Å². The second-order valence-electron chi connectivity index (χ2n) is 0. The average molecular weight is 141 g/mol. The Kier molecular flexibility index (Phi) is 1430. The minimum absolute atomic E-state index is 0. The summed E-state index contributed by atoms with van der Waals surface area (Å²) in [6.45, 7) is 0. The maximum absolute atomic E-state index is 0. The fraction of sp³-hybridized carbons (Fsp3) is 0. The van der Waals surface area contributed by atoms with Crippen molar-refractivity contribution in [2.45, 2.75) is 0 Å². The quantitative estimate of drug-likeness (QED) is 0.456. The first kappa shape index (κ1) is 116. The van der Waals surface area contributed by atoms with Crippen molar-refractivity contribution < 1.29 is 42.6 Å². The molecule has 0 heterocycles. The monoisotopic (exact) mass is 140 g/mol. The van der Waals surface area contributed by atoms with Crippen LogP contribution < -0.4 is 0 Å². The molecule has 4 heavy (non-hydrogen) atoms. The molecule has 0 saturated heterocycles. The third-order valence-electron chi connectivity index (χ3n) is 0. The van der Waals surface area contributed by atoms with E-state index in [1.54, 1.807) is 0 Å². The molecule has 0 aliphatic carbocycles. The van der Waals surface area contributed by atoms with Gasteiger partial charge in [-0.05, 0) is 0 Å². The number of hydrogen-bond acceptors (Lipinski definition) is 2. The van der Waals surface area contributed by atoms with Crippen molar-refractivity contribution in [2.75, 3.05) is 0 Å². The SMILES string of the molecule is [O-2].[OH-].[OH-].[Zr+4]. The molecule has 0 aromatic carbocycles. The Morgan fingerprint density at radius 1 is 0.750 bits per heavy atom. The fourth-order valence-corrected chi connectivity index (χ4v) is 0. The molecular weight excluding hydrogens is 139 g/mol. The molecule has 0 spiro atoms. The third kappa shape index (κ3) is 14.7. The van der Waals surface area contributed by atoms with Gasteiger partial charge in [0.15, 0.2) is 0 Å². The van der Waals surface area contributed by atoms with Gasteiger partial charge in [-0.2, -0.15) is 0 Å². The van der Waals surface area contributed by atoms with E-state index in [0.29, 0.717) is 0 Å². The van der Waals surface area contributed by atoms with Gasteiger partial charge in [-0.25, -0.2) is 0 Å². The van der Waals surface area contributed by atoms with Crippen LogP contribution in [0.2, 0.25) is 0 Å². The van der Waals surface area contributed by atoms with Crippen LogP contribution in [0.4, 0.5) is 0 Å². The molecular formula is H2O3Zr. The van der Waals surface area contributed by atoms with Crippen LogP contribution >= 0.6 is 0 Å². The van der Waals surface area contributed by atoms with Crippen LogP contribution in [-0.2, 0) is 31.7 Å². The maximum atomic E-state index is 0. The smallest absolute Gasteiger partial charge is 2.00 e. The molecule has 0 aromatic rings. The van der Waals surface area contributed by atoms with E-state index >= 15 is 0 Å². The first-order valence-corrected chi connectivity index (χ1v) is 0. The summed E-state index contributed by atoms with van der Waals surface area (Å²) in [7, 11) is 0. The topological polar surface area (TPSA) is 88.5 Å². The predicted molar refractivity (Wildman–Crippen MR) is 4.56 cm³/mol. The van der Waals surface area contributed by atoms with Crippen LogP contribution in [0.25, 0.3) is 0 Å². The molecule has 0 unspecified atom stereocenters. The summed E-state index contributed by atoms with van der Waals surface area (Å²) in [4.78, 5) is 0. The van der Waals surface area contributed by atoms with Crippen molar-refractivity contribution in [1.82, 2.24) is 0 Å². The fourth-order valence-electron chi connectivity index (χ4n) is 0. The summed E-state index contributed by atoms with van der Waals surface area (Å²) < 4.78 is 0. The molecule has 0 radical (unpaired) electrons. The standard InChI is InChI=1S/2H2O.O.Zr/h2*1H2;;/q;;-2;+4/p-2. The van der Waals surface area contributed by atoms with Gasteiger partial charge in [0, 0.05) is 0 Å². The summed E-state index contributed by atoms with van der Waals surface area (Å²) in [6, 6.07) is 0. The summed E-state index contributed by atoms with van der Waals surface area (Å²) in [6.07, 6.45) is 0. The van der Waals surface area contributed by atoms with Crippen LogP contribution in [0, 0.1) is 0 Å². The minimum Gasteiger partial charge on any atom is -2.00 e. The molecule has 0 aliphatic heterocycles. The minimum atomic E-state index is 0. The van der Waals surface area contributed by atoms with E-state index < -0.39 is 0 Å². The van der Waals surface area contributed by atoms with Crippen molar-refractivity contribution in [3.05, 3.63) is 0 Å². The van der Waals surface area contributed by atoms with Gasteiger partial charge < -0.3 is 16.4 Å². The molecule has 0 atom stereocenters. The normalized spacial score (nSPS) is 0. The molecule has 0 aromatic heterocycles. The van der Waals surface area contributed by atoms with E-state index in [2.05, 4.69) is 0 Å². The molecule has 3 nitrogen and oxygen atoms in total. The van der Waals surface area contributed by atoms with Gasteiger partial charge in [0.25, 0.3) is 0 Å². The van der Waals surface area contributed by atoms with Crippen molar-refractivity contribution in [3.63, 3.8) is 0 Å². The Morgan fingerprint density at radius 2 is 0.750 bits per heavy atom. The van der Waals surface area contributed by atoms with Crippen LogP contribution in [-0.4, -0.2) is 11.0 Å². The number of hydrogen-bond donors (Lipinski definition) is 0. The van der Waals surface area contributed by atoms with Gasteiger partial charge in [-0.3, -0.25) is 0 Å². The Morgan fingerprint density at radius 3 is 0.750 bits per heavy atom. The van der Waals surface area contributed by atoms with Gasteiger partial charge in [0.1, 0.15) is 0 Å².